The molecule has 1 aliphatic rings. The number of unbranched alkanes of at least 4 members (excludes halogenated alkanes) is 5. The Morgan fingerprint density at radius 1 is 0.935 bits per heavy atom. The van der Waals surface area contributed by atoms with E-state index < -0.39 is 10.0 Å². The molecule has 0 radical (unpaired) electrons. The normalized spacial score (nSPS) is 13.5. The van der Waals surface area contributed by atoms with Crippen LogP contribution in [-0.4, -0.2) is 28.7 Å². The Labute approximate surface area is 186 Å². The van der Waals surface area contributed by atoms with E-state index in [9.17, 15) is 8.42 Å². The number of sulfonamides is 1. The van der Waals surface area contributed by atoms with E-state index >= 15 is 0 Å². The molecule has 0 saturated heterocycles. The Morgan fingerprint density at radius 2 is 1.68 bits per heavy atom. The number of hydrogen-bond acceptors (Lipinski definition) is 4. The summed E-state index contributed by atoms with van der Waals surface area (Å²) in [6.45, 7) is 3.09. The van der Waals surface area contributed by atoms with Gasteiger partial charge < -0.3 is 9.47 Å². The molecule has 0 spiro atoms. The highest BCUT2D eigenvalue weighted by Crippen LogP contribution is 2.41. The fourth-order valence-corrected chi connectivity index (χ4v) is 5.29. The molecule has 1 aliphatic heterocycles. The number of rotatable bonds is 11. The standard InChI is InChI=1S/C25H33NO4S/c1-3-4-5-6-7-13-20-30-25-22-16-11-12-19-26(23(22)17-18-24(25)29-2)31(27,28)21-14-9-8-10-15-21/h8-12,14-15,17-18H,3-7,13,16,19-20H2,1-2H3. The summed E-state index contributed by atoms with van der Waals surface area (Å²) in [7, 11) is -2.07. The Bertz CT molecular complexity index is 971. The maximum Gasteiger partial charge on any atom is 0.264 e. The summed E-state index contributed by atoms with van der Waals surface area (Å²) < 4.78 is 39.9. The van der Waals surface area contributed by atoms with Crippen LogP contribution in [-0.2, 0) is 16.4 Å². The lowest BCUT2D eigenvalue weighted by molar-refractivity contribution is 0.282. The van der Waals surface area contributed by atoms with Crippen LogP contribution in [0, 0.1) is 0 Å². The average Bonchev–Trinajstić information content (AvgIpc) is 3.02. The zero-order valence-corrected chi connectivity index (χ0v) is 19.4. The van der Waals surface area contributed by atoms with Crippen LogP contribution >= 0.6 is 0 Å². The molecule has 0 atom stereocenters. The minimum Gasteiger partial charge on any atom is -0.493 e. The summed E-state index contributed by atoms with van der Waals surface area (Å²) in [5.41, 5.74) is 1.49. The second-order valence-electron chi connectivity index (χ2n) is 7.74. The molecule has 5 nitrogen and oxygen atoms in total. The van der Waals surface area contributed by atoms with Gasteiger partial charge in [0.15, 0.2) is 11.5 Å². The minimum absolute atomic E-state index is 0.279. The maximum atomic E-state index is 13.4. The van der Waals surface area contributed by atoms with Crippen molar-refractivity contribution in [2.24, 2.45) is 0 Å². The summed E-state index contributed by atoms with van der Waals surface area (Å²) >= 11 is 0. The third kappa shape index (κ3) is 5.62. The van der Waals surface area contributed by atoms with Crippen LogP contribution in [0.5, 0.6) is 11.5 Å². The largest absolute Gasteiger partial charge is 0.493 e. The first-order valence-electron chi connectivity index (χ1n) is 11.1. The monoisotopic (exact) mass is 443 g/mol. The second-order valence-corrected chi connectivity index (χ2v) is 9.60. The van der Waals surface area contributed by atoms with E-state index in [1.165, 1.54) is 30.0 Å². The highest BCUT2D eigenvalue weighted by atomic mass is 32.2. The van der Waals surface area contributed by atoms with E-state index in [-0.39, 0.29) is 11.4 Å². The van der Waals surface area contributed by atoms with Gasteiger partial charge in [-0.05, 0) is 37.1 Å². The molecule has 0 amide bonds. The predicted octanol–water partition coefficient (Wildman–Crippen LogP) is 5.74. The van der Waals surface area contributed by atoms with Gasteiger partial charge in [0, 0.05) is 5.56 Å². The van der Waals surface area contributed by atoms with Crippen LogP contribution < -0.4 is 13.8 Å². The van der Waals surface area contributed by atoms with Crippen molar-refractivity contribution in [1.82, 2.24) is 0 Å². The predicted molar refractivity (Wildman–Crippen MR) is 126 cm³/mol. The SMILES string of the molecule is CCCCCCCCOc1c(OC)ccc2c1CC=CCN2S(=O)(=O)c1ccccc1. The molecular weight excluding hydrogens is 410 g/mol. The minimum atomic E-state index is -3.69. The Kier molecular flexibility index (Phi) is 8.41. The lowest BCUT2D eigenvalue weighted by atomic mass is 10.1. The number of anilines is 1. The fraction of sp³-hybridized carbons (Fsp3) is 0.440. The van der Waals surface area contributed by atoms with Crippen LogP contribution in [0.1, 0.15) is 51.0 Å². The second kappa shape index (κ2) is 11.2. The van der Waals surface area contributed by atoms with Crippen LogP contribution in [0.15, 0.2) is 59.5 Å². The van der Waals surface area contributed by atoms with Gasteiger partial charge in [-0.2, -0.15) is 0 Å². The van der Waals surface area contributed by atoms with E-state index in [1.54, 1.807) is 37.4 Å². The van der Waals surface area contributed by atoms with Gasteiger partial charge in [-0.3, -0.25) is 4.31 Å². The van der Waals surface area contributed by atoms with E-state index in [0.29, 0.717) is 30.2 Å². The number of benzene rings is 2. The third-order valence-electron chi connectivity index (χ3n) is 5.52. The smallest absolute Gasteiger partial charge is 0.264 e. The van der Waals surface area contributed by atoms with E-state index in [0.717, 1.165) is 18.4 Å². The summed E-state index contributed by atoms with van der Waals surface area (Å²) in [5.74, 6) is 1.28. The number of ether oxygens (including phenoxy) is 2. The highest BCUT2D eigenvalue weighted by Gasteiger charge is 2.29. The summed E-state index contributed by atoms with van der Waals surface area (Å²) in [6.07, 6.45) is 11.6. The molecule has 0 unspecified atom stereocenters. The van der Waals surface area contributed by atoms with Crippen molar-refractivity contribution in [3.63, 3.8) is 0 Å². The van der Waals surface area contributed by atoms with Gasteiger partial charge >= 0.3 is 0 Å². The van der Waals surface area contributed by atoms with E-state index in [1.807, 2.05) is 24.3 Å². The Morgan fingerprint density at radius 3 is 2.42 bits per heavy atom. The molecular formula is C25H33NO4S. The first kappa shape index (κ1) is 23.2. The third-order valence-corrected chi connectivity index (χ3v) is 7.32. The van der Waals surface area contributed by atoms with Crippen LogP contribution in [0.4, 0.5) is 5.69 Å². The van der Waals surface area contributed by atoms with Crippen molar-refractivity contribution in [2.75, 3.05) is 24.6 Å². The van der Waals surface area contributed by atoms with E-state index in [4.69, 9.17) is 9.47 Å². The molecule has 0 bridgehead atoms. The van der Waals surface area contributed by atoms with Gasteiger partial charge in [0.05, 0.1) is 30.8 Å². The summed E-state index contributed by atoms with van der Waals surface area (Å²) in [5, 5.41) is 0. The molecule has 31 heavy (non-hydrogen) atoms. The fourth-order valence-electron chi connectivity index (χ4n) is 3.82. The van der Waals surface area contributed by atoms with Gasteiger partial charge in [-0.15, -0.1) is 0 Å². The summed E-state index contributed by atoms with van der Waals surface area (Å²) in [6, 6.07) is 12.2. The van der Waals surface area contributed by atoms with Gasteiger partial charge in [0.1, 0.15) is 0 Å². The number of nitrogens with zero attached hydrogens (tertiary/aromatic N) is 1. The molecule has 1 heterocycles. The molecule has 0 saturated carbocycles. The molecule has 6 heteroatoms. The van der Waals surface area contributed by atoms with Crippen molar-refractivity contribution in [1.29, 1.82) is 0 Å². The van der Waals surface area contributed by atoms with E-state index in [2.05, 4.69) is 6.92 Å². The Balaban J connectivity index is 1.86. The van der Waals surface area contributed by atoms with Crippen LogP contribution in [0.3, 0.4) is 0 Å². The molecule has 2 aromatic rings. The number of methoxy groups -OCH3 is 1. The first-order valence-corrected chi connectivity index (χ1v) is 12.6. The van der Waals surface area contributed by atoms with Crippen LogP contribution in [0.25, 0.3) is 0 Å². The van der Waals surface area contributed by atoms with Crippen molar-refractivity contribution in [3.05, 3.63) is 60.2 Å². The molecule has 0 N–H and O–H groups in total. The lowest BCUT2D eigenvalue weighted by Gasteiger charge is -2.26. The molecule has 0 aromatic heterocycles. The zero-order valence-electron chi connectivity index (χ0n) is 18.5. The Hall–Kier alpha value is -2.47. The lowest BCUT2D eigenvalue weighted by Crippen LogP contribution is -2.31. The van der Waals surface area contributed by atoms with Crippen molar-refractivity contribution >= 4 is 15.7 Å². The van der Waals surface area contributed by atoms with Gasteiger partial charge in [0.25, 0.3) is 10.0 Å². The molecule has 168 valence electrons. The molecule has 0 aliphatic carbocycles. The van der Waals surface area contributed by atoms with Gasteiger partial charge in [-0.1, -0.05) is 69.4 Å². The van der Waals surface area contributed by atoms with Crippen molar-refractivity contribution < 1.29 is 17.9 Å². The van der Waals surface area contributed by atoms with Gasteiger partial charge in [0.2, 0.25) is 0 Å². The quantitative estimate of drug-likeness (QED) is 0.328. The van der Waals surface area contributed by atoms with Crippen LogP contribution in [0.2, 0.25) is 0 Å². The average molecular weight is 444 g/mol. The zero-order chi connectivity index (χ0) is 22.1. The molecule has 2 aromatic carbocycles. The molecule has 0 fully saturated rings. The number of allylic oxidation sites excluding steroid dienone is 1. The van der Waals surface area contributed by atoms with Gasteiger partial charge in [-0.25, -0.2) is 8.42 Å². The van der Waals surface area contributed by atoms with Crippen molar-refractivity contribution in [2.45, 2.75) is 56.8 Å². The highest BCUT2D eigenvalue weighted by molar-refractivity contribution is 7.92. The van der Waals surface area contributed by atoms with Crippen molar-refractivity contribution in [3.8, 4) is 11.5 Å². The molecule has 3 rings (SSSR count). The number of hydrogen-bond donors (Lipinski definition) is 0. The first-order chi connectivity index (χ1) is 15.1. The topological polar surface area (TPSA) is 55.8 Å². The maximum absolute atomic E-state index is 13.4. The summed E-state index contributed by atoms with van der Waals surface area (Å²) in [4.78, 5) is 0.279. The number of fused-ring (bicyclic) bond motifs is 1.